The second kappa shape index (κ2) is 9.03. The Hall–Kier alpha value is -3.51. The molecule has 0 amide bonds. The van der Waals surface area contributed by atoms with Gasteiger partial charge in [0, 0.05) is 17.7 Å². The first-order chi connectivity index (χ1) is 16.4. The molecular formula is C27H24ClFN2O3. The zero-order valence-electron chi connectivity index (χ0n) is 18.6. The average Bonchev–Trinajstić information content (AvgIpc) is 2.99. The molecule has 174 valence electrons. The third-order valence-electron chi connectivity index (χ3n) is 6.33. The molecule has 1 heterocycles. The Labute approximate surface area is 202 Å². The van der Waals surface area contributed by atoms with Gasteiger partial charge in [0.05, 0.1) is 29.0 Å². The summed E-state index contributed by atoms with van der Waals surface area (Å²) in [6, 6.07) is 17.0. The Balaban J connectivity index is 1.62. The number of halogens is 2. The lowest BCUT2D eigenvalue weighted by atomic mass is 9.78. The van der Waals surface area contributed by atoms with Crippen LogP contribution in [0.3, 0.4) is 0 Å². The van der Waals surface area contributed by atoms with Gasteiger partial charge in [0.15, 0.2) is 17.3 Å². The average molecular weight is 479 g/mol. The highest BCUT2D eigenvalue weighted by atomic mass is 35.5. The molecule has 0 bridgehead atoms. The summed E-state index contributed by atoms with van der Waals surface area (Å²) in [5, 5.41) is 17.5. The Morgan fingerprint density at radius 2 is 1.79 bits per heavy atom. The Morgan fingerprint density at radius 3 is 2.53 bits per heavy atom. The molecule has 0 fully saturated rings. The van der Waals surface area contributed by atoms with Crippen molar-refractivity contribution in [2.75, 3.05) is 17.2 Å². The molecular weight excluding hydrogens is 455 g/mol. The number of ether oxygens (including phenoxy) is 1. The number of carbonyl (C=O) groups excluding carboxylic acids is 1. The number of fused-ring (bicyclic) bond motifs is 1. The van der Waals surface area contributed by atoms with E-state index in [1.54, 1.807) is 24.3 Å². The molecule has 0 saturated heterocycles. The molecule has 7 heteroatoms. The molecule has 3 N–H and O–H groups in total. The van der Waals surface area contributed by atoms with E-state index in [0.717, 1.165) is 22.6 Å². The number of aromatic hydroxyl groups is 1. The van der Waals surface area contributed by atoms with Gasteiger partial charge >= 0.3 is 0 Å². The van der Waals surface area contributed by atoms with E-state index < -0.39 is 6.04 Å². The predicted octanol–water partition coefficient (Wildman–Crippen LogP) is 6.56. The summed E-state index contributed by atoms with van der Waals surface area (Å²) < 4.78 is 19.1. The fraction of sp³-hybridized carbons (Fsp3) is 0.222. The van der Waals surface area contributed by atoms with Gasteiger partial charge in [0.25, 0.3) is 0 Å². The van der Waals surface area contributed by atoms with Gasteiger partial charge < -0.3 is 20.5 Å². The fourth-order valence-electron chi connectivity index (χ4n) is 4.74. The monoisotopic (exact) mass is 478 g/mol. The number of hydrogen-bond acceptors (Lipinski definition) is 5. The molecule has 0 saturated carbocycles. The Morgan fingerprint density at radius 1 is 1.06 bits per heavy atom. The van der Waals surface area contributed by atoms with Gasteiger partial charge in [-0.1, -0.05) is 35.9 Å². The molecule has 1 aliphatic carbocycles. The molecule has 2 unspecified atom stereocenters. The maximum absolute atomic E-state index is 13.6. The maximum Gasteiger partial charge on any atom is 0.176 e. The third-order valence-corrected chi connectivity index (χ3v) is 6.62. The van der Waals surface area contributed by atoms with E-state index in [0.29, 0.717) is 30.6 Å². The largest absolute Gasteiger partial charge is 0.503 e. The molecule has 3 aromatic rings. The van der Waals surface area contributed by atoms with Crippen molar-refractivity contribution < 1.29 is 19.0 Å². The molecule has 5 nitrogen and oxygen atoms in total. The van der Waals surface area contributed by atoms with E-state index in [2.05, 4.69) is 10.6 Å². The molecule has 3 aromatic carbocycles. The highest BCUT2D eigenvalue weighted by Crippen LogP contribution is 2.46. The zero-order valence-corrected chi connectivity index (χ0v) is 19.3. The van der Waals surface area contributed by atoms with Crippen molar-refractivity contribution in [2.24, 2.45) is 0 Å². The van der Waals surface area contributed by atoms with Crippen molar-refractivity contribution in [3.63, 3.8) is 0 Å². The number of para-hydroxylation sites is 2. The number of anilines is 2. The topological polar surface area (TPSA) is 70.6 Å². The van der Waals surface area contributed by atoms with Crippen LogP contribution in [-0.4, -0.2) is 17.5 Å². The maximum atomic E-state index is 13.6. The summed E-state index contributed by atoms with van der Waals surface area (Å²) in [6.07, 6.45) is 0.911. The van der Waals surface area contributed by atoms with Gasteiger partial charge in [0.2, 0.25) is 0 Å². The summed E-state index contributed by atoms with van der Waals surface area (Å²) in [7, 11) is 0. The highest BCUT2D eigenvalue weighted by Gasteiger charge is 2.36. The van der Waals surface area contributed by atoms with Gasteiger partial charge in [0.1, 0.15) is 5.82 Å². The first kappa shape index (κ1) is 22.3. The van der Waals surface area contributed by atoms with Crippen LogP contribution in [0.25, 0.3) is 0 Å². The number of carbonyl (C=O) groups is 1. The first-order valence-corrected chi connectivity index (χ1v) is 11.6. The lowest BCUT2D eigenvalue weighted by Gasteiger charge is -2.30. The minimum absolute atomic E-state index is 0.00413. The van der Waals surface area contributed by atoms with E-state index in [4.69, 9.17) is 16.3 Å². The second-order valence-corrected chi connectivity index (χ2v) is 8.91. The summed E-state index contributed by atoms with van der Waals surface area (Å²) in [5.41, 5.74) is 4.78. The zero-order chi connectivity index (χ0) is 23.8. The van der Waals surface area contributed by atoms with Crippen molar-refractivity contribution in [2.45, 2.75) is 31.7 Å². The third kappa shape index (κ3) is 4.10. The standard InChI is InChI=1S/C27H24ClFN2O3/c1-2-34-24-14-17(11-19(28)27(24)33)26-25-22(30-20-5-3-4-6-21(20)31-26)12-16(13-23(25)32)15-7-9-18(29)10-8-15/h3-11,14,16,26,30-31,33H,2,12-13H2,1H3. The van der Waals surface area contributed by atoms with E-state index in [1.807, 2.05) is 31.2 Å². The molecule has 5 rings (SSSR count). The van der Waals surface area contributed by atoms with Crippen LogP contribution in [0.5, 0.6) is 11.5 Å². The van der Waals surface area contributed by atoms with Crippen LogP contribution in [0.2, 0.25) is 5.02 Å². The van der Waals surface area contributed by atoms with Crippen LogP contribution in [0.4, 0.5) is 15.8 Å². The molecule has 34 heavy (non-hydrogen) atoms. The number of hydrogen-bond donors (Lipinski definition) is 3. The van der Waals surface area contributed by atoms with Gasteiger partial charge in [-0.3, -0.25) is 4.79 Å². The van der Waals surface area contributed by atoms with Crippen molar-refractivity contribution in [3.05, 3.63) is 93.9 Å². The SMILES string of the molecule is CCOc1cc(C2Nc3ccccc3NC3=C2C(=O)CC(c2ccc(F)cc2)C3)cc(Cl)c1O. The summed E-state index contributed by atoms with van der Waals surface area (Å²) in [5.74, 6) is -0.221. The smallest absolute Gasteiger partial charge is 0.176 e. The van der Waals surface area contributed by atoms with Crippen LogP contribution in [0.1, 0.15) is 42.9 Å². The summed E-state index contributed by atoms with van der Waals surface area (Å²) in [4.78, 5) is 13.6. The lowest BCUT2D eigenvalue weighted by Crippen LogP contribution is -2.27. The summed E-state index contributed by atoms with van der Waals surface area (Å²) >= 11 is 6.34. The van der Waals surface area contributed by atoms with E-state index in [-0.39, 0.29) is 34.0 Å². The molecule has 0 aromatic heterocycles. The van der Waals surface area contributed by atoms with Crippen LogP contribution in [0, 0.1) is 5.82 Å². The van der Waals surface area contributed by atoms with Crippen LogP contribution < -0.4 is 15.4 Å². The number of rotatable bonds is 4. The van der Waals surface area contributed by atoms with Crippen LogP contribution in [0.15, 0.2) is 71.9 Å². The van der Waals surface area contributed by atoms with E-state index in [1.165, 1.54) is 12.1 Å². The van der Waals surface area contributed by atoms with Gasteiger partial charge in [-0.2, -0.15) is 0 Å². The predicted molar refractivity (Wildman–Crippen MR) is 131 cm³/mol. The van der Waals surface area contributed by atoms with Gasteiger partial charge in [-0.15, -0.1) is 0 Å². The Bertz CT molecular complexity index is 1290. The number of ketones is 1. The minimum Gasteiger partial charge on any atom is -0.503 e. The Kier molecular flexibility index (Phi) is 5.92. The highest BCUT2D eigenvalue weighted by molar-refractivity contribution is 6.32. The van der Waals surface area contributed by atoms with Crippen molar-refractivity contribution in [3.8, 4) is 11.5 Å². The van der Waals surface area contributed by atoms with Crippen molar-refractivity contribution in [1.29, 1.82) is 0 Å². The van der Waals surface area contributed by atoms with Crippen molar-refractivity contribution in [1.82, 2.24) is 0 Å². The number of phenols is 1. The van der Waals surface area contributed by atoms with Gasteiger partial charge in [-0.05, 0) is 66.8 Å². The quantitative estimate of drug-likeness (QED) is 0.396. The van der Waals surface area contributed by atoms with Crippen LogP contribution in [-0.2, 0) is 4.79 Å². The summed E-state index contributed by atoms with van der Waals surface area (Å²) in [6.45, 7) is 2.19. The minimum atomic E-state index is -0.495. The number of Topliss-reactive ketones (excluding diaryl/α,β-unsaturated/α-hetero) is 1. The molecule has 2 atom stereocenters. The number of phenolic OH excluding ortho intramolecular Hbond substituents is 1. The molecule has 2 aliphatic rings. The molecule has 0 spiro atoms. The number of allylic oxidation sites excluding steroid dienone is 1. The van der Waals surface area contributed by atoms with E-state index in [9.17, 15) is 14.3 Å². The lowest BCUT2D eigenvalue weighted by molar-refractivity contribution is -0.116. The first-order valence-electron chi connectivity index (χ1n) is 11.2. The molecule has 1 aliphatic heterocycles. The normalized spacial score (nSPS) is 19.4. The number of nitrogens with one attached hydrogen (secondary N) is 2. The number of benzene rings is 3. The van der Waals surface area contributed by atoms with E-state index >= 15 is 0 Å². The molecule has 0 radical (unpaired) electrons. The second-order valence-electron chi connectivity index (χ2n) is 8.50. The fourth-order valence-corrected chi connectivity index (χ4v) is 4.96. The van der Waals surface area contributed by atoms with Crippen molar-refractivity contribution >= 4 is 28.8 Å². The van der Waals surface area contributed by atoms with Gasteiger partial charge in [-0.25, -0.2) is 4.39 Å². The van der Waals surface area contributed by atoms with Crippen LogP contribution >= 0.6 is 11.6 Å².